The van der Waals surface area contributed by atoms with E-state index < -0.39 is 23.1 Å². The molecule has 0 bridgehead atoms. The number of carbonyl (C=O) groups is 2. The number of ether oxygens (including phenoxy) is 2. The number of nitrogens with two attached hydrogens (primary N) is 2. The average molecular weight is 357 g/mol. The van der Waals surface area contributed by atoms with E-state index in [0.717, 1.165) is 51.9 Å². The molecule has 0 aromatic carbocycles. The van der Waals surface area contributed by atoms with Gasteiger partial charge < -0.3 is 20.1 Å². The lowest BCUT2D eigenvalue weighted by Gasteiger charge is -2.36. The highest BCUT2D eigenvalue weighted by Crippen LogP contribution is 2.30. The Hall–Kier alpha value is -1.14. The van der Waals surface area contributed by atoms with Crippen molar-refractivity contribution in [2.75, 3.05) is 26.2 Å². The zero-order chi connectivity index (χ0) is 18.5. The molecule has 0 unspecified atom stereocenters. The molecule has 0 spiro atoms. The van der Waals surface area contributed by atoms with Crippen molar-refractivity contribution >= 4 is 11.9 Å². The summed E-state index contributed by atoms with van der Waals surface area (Å²) in [6.07, 6.45) is 3.85. The van der Waals surface area contributed by atoms with Crippen molar-refractivity contribution in [3.8, 4) is 0 Å². The molecule has 6 nitrogen and oxygen atoms in total. The minimum atomic E-state index is -0.527. The van der Waals surface area contributed by atoms with Crippen LogP contribution in [0.2, 0.25) is 0 Å². The highest BCUT2D eigenvalue weighted by molar-refractivity contribution is 5.91. The fourth-order valence-electron chi connectivity index (χ4n) is 4.19. The Kier molecular flexibility index (Phi) is 6.86. The molecule has 144 valence electrons. The maximum atomic E-state index is 12.2. The van der Waals surface area contributed by atoms with Gasteiger partial charge in [0.1, 0.15) is 17.6 Å². The standard InChI is InChI=1S/C19H34N2O4/c1-18(2,14-5-9-20-10-6-14)24-16(22)13-17(23)25-19(3,4)15-7-11-21-12-8-15/h14-15,20-21H,5-13H2,1-4H3/p+2. The van der Waals surface area contributed by atoms with Crippen LogP contribution in [0.5, 0.6) is 0 Å². The first-order valence-corrected chi connectivity index (χ1v) is 9.78. The minimum absolute atomic E-state index is 0.301. The Morgan fingerprint density at radius 1 is 0.760 bits per heavy atom. The molecule has 2 rings (SSSR count). The maximum absolute atomic E-state index is 12.2. The van der Waals surface area contributed by atoms with E-state index in [1.54, 1.807) is 0 Å². The first-order chi connectivity index (χ1) is 11.7. The number of piperidine rings is 2. The molecule has 0 aromatic rings. The van der Waals surface area contributed by atoms with Gasteiger partial charge in [-0.05, 0) is 27.7 Å². The van der Waals surface area contributed by atoms with E-state index in [9.17, 15) is 9.59 Å². The first kappa shape index (κ1) is 20.2. The topological polar surface area (TPSA) is 85.8 Å². The number of hydrogen-bond acceptors (Lipinski definition) is 4. The van der Waals surface area contributed by atoms with Crippen molar-refractivity contribution in [1.29, 1.82) is 0 Å². The summed E-state index contributed by atoms with van der Waals surface area (Å²) in [4.78, 5) is 24.5. The molecular formula is C19H36N2O4+2. The minimum Gasteiger partial charge on any atom is -0.459 e. The smallest absolute Gasteiger partial charge is 0.317 e. The molecule has 6 heteroatoms. The third kappa shape index (κ3) is 5.96. The van der Waals surface area contributed by atoms with E-state index in [4.69, 9.17) is 9.47 Å². The number of quaternary nitrogens is 2. The molecule has 0 amide bonds. The third-order valence-electron chi connectivity index (χ3n) is 5.89. The number of hydrogen-bond donors (Lipinski definition) is 2. The van der Waals surface area contributed by atoms with Crippen molar-refractivity contribution in [1.82, 2.24) is 0 Å². The van der Waals surface area contributed by atoms with E-state index in [-0.39, 0.29) is 6.42 Å². The van der Waals surface area contributed by atoms with Gasteiger partial charge in [-0.3, -0.25) is 9.59 Å². The highest BCUT2D eigenvalue weighted by atomic mass is 16.6. The van der Waals surface area contributed by atoms with Crippen LogP contribution in [-0.4, -0.2) is 49.3 Å². The highest BCUT2D eigenvalue weighted by Gasteiger charge is 2.38. The first-order valence-electron chi connectivity index (χ1n) is 9.78. The summed E-state index contributed by atoms with van der Waals surface area (Å²) >= 11 is 0. The van der Waals surface area contributed by atoms with Crippen LogP contribution in [0.15, 0.2) is 0 Å². The molecule has 2 aliphatic rings. The number of carbonyl (C=O) groups excluding carboxylic acids is 2. The molecule has 0 aromatic heterocycles. The SMILES string of the molecule is CC(C)(OC(=O)CC(=O)OC(C)(C)C1CC[NH2+]CC1)C1CC[NH2+]CC1. The van der Waals surface area contributed by atoms with E-state index in [1.807, 2.05) is 27.7 Å². The third-order valence-corrected chi connectivity index (χ3v) is 5.89. The maximum Gasteiger partial charge on any atom is 0.317 e. The van der Waals surface area contributed by atoms with Gasteiger partial charge in [0.2, 0.25) is 0 Å². The van der Waals surface area contributed by atoms with Crippen LogP contribution in [0.4, 0.5) is 0 Å². The van der Waals surface area contributed by atoms with Gasteiger partial charge in [0.15, 0.2) is 0 Å². The van der Waals surface area contributed by atoms with Crippen LogP contribution in [0.25, 0.3) is 0 Å². The largest absolute Gasteiger partial charge is 0.459 e. The zero-order valence-electron chi connectivity index (χ0n) is 16.3. The monoisotopic (exact) mass is 356 g/mol. The van der Waals surface area contributed by atoms with Crippen LogP contribution >= 0.6 is 0 Å². The second-order valence-corrected chi connectivity index (χ2v) is 8.61. The molecule has 2 fully saturated rings. The molecule has 0 atom stereocenters. The van der Waals surface area contributed by atoms with Crippen LogP contribution in [-0.2, 0) is 19.1 Å². The van der Waals surface area contributed by atoms with E-state index in [2.05, 4.69) is 10.6 Å². The van der Waals surface area contributed by atoms with Crippen LogP contribution < -0.4 is 10.6 Å². The van der Waals surface area contributed by atoms with Gasteiger partial charge >= 0.3 is 11.9 Å². The molecule has 2 aliphatic heterocycles. The van der Waals surface area contributed by atoms with Crippen molar-refractivity contribution in [2.24, 2.45) is 11.8 Å². The lowest BCUT2D eigenvalue weighted by molar-refractivity contribution is -0.666. The van der Waals surface area contributed by atoms with Gasteiger partial charge in [0.05, 0.1) is 26.2 Å². The Morgan fingerprint density at radius 3 is 1.40 bits per heavy atom. The van der Waals surface area contributed by atoms with E-state index >= 15 is 0 Å². The van der Waals surface area contributed by atoms with Crippen molar-refractivity contribution < 1.29 is 29.7 Å². The van der Waals surface area contributed by atoms with Crippen molar-refractivity contribution in [3.05, 3.63) is 0 Å². The number of esters is 2. The Labute approximate surface area is 151 Å². The van der Waals surface area contributed by atoms with Gasteiger partial charge in [0, 0.05) is 37.5 Å². The predicted molar refractivity (Wildman–Crippen MR) is 93.7 cm³/mol. The van der Waals surface area contributed by atoms with Gasteiger partial charge in [-0.25, -0.2) is 0 Å². The van der Waals surface area contributed by atoms with Crippen LogP contribution in [0.3, 0.4) is 0 Å². The summed E-state index contributed by atoms with van der Waals surface area (Å²) in [5, 5.41) is 4.58. The Balaban J connectivity index is 1.81. The van der Waals surface area contributed by atoms with Gasteiger partial charge in [-0.2, -0.15) is 0 Å². The average Bonchev–Trinajstić information content (AvgIpc) is 2.55. The molecule has 4 N–H and O–H groups in total. The van der Waals surface area contributed by atoms with Gasteiger partial charge in [-0.15, -0.1) is 0 Å². The van der Waals surface area contributed by atoms with Crippen molar-refractivity contribution in [3.63, 3.8) is 0 Å². The van der Waals surface area contributed by atoms with Gasteiger partial charge in [0.25, 0.3) is 0 Å². The Bertz CT molecular complexity index is 422. The van der Waals surface area contributed by atoms with E-state index in [1.165, 1.54) is 0 Å². The quantitative estimate of drug-likeness (QED) is 0.517. The second kappa shape index (κ2) is 8.49. The summed E-state index contributed by atoms with van der Waals surface area (Å²) in [6, 6.07) is 0. The van der Waals surface area contributed by atoms with Crippen molar-refractivity contribution in [2.45, 2.75) is 71.0 Å². The summed E-state index contributed by atoms with van der Waals surface area (Å²) < 4.78 is 11.3. The molecule has 0 aliphatic carbocycles. The molecule has 0 radical (unpaired) electrons. The van der Waals surface area contributed by atoms with Crippen LogP contribution in [0.1, 0.15) is 59.8 Å². The molecular weight excluding hydrogens is 320 g/mol. The summed E-state index contributed by atoms with van der Waals surface area (Å²) in [6.45, 7) is 12.1. The van der Waals surface area contributed by atoms with E-state index in [0.29, 0.717) is 11.8 Å². The number of rotatable bonds is 6. The molecule has 0 saturated carbocycles. The molecule has 2 saturated heterocycles. The summed E-state index contributed by atoms with van der Waals surface area (Å²) in [5.74, 6) is -0.241. The fraction of sp³-hybridized carbons (Fsp3) is 0.895. The van der Waals surface area contributed by atoms with Gasteiger partial charge in [-0.1, -0.05) is 0 Å². The zero-order valence-corrected chi connectivity index (χ0v) is 16.3. The molecule has 25 heavy (non-hydrogen) atoms. The summed E-state index contributed by atoms with van der Waals surface area (Å²) in [7, 11) is 0. The Morgan fingerprint density at radius 2 is 1.08 bits per heavy atom. The lowest BCUT2D eigenvalue weighted by Crippen LogP contribution is -2.86. The predicted octanol–water partition coefficient (Wildman–Crippen LogP) is -0.0331. The fourth-order valence-corrected chi connectivity index (χ4v) is 4.19. The lowest BCUT2D eigenvalue weighted by atomic mass is 9.83. The second-order valence-electron chi connectivity index (χ2n) is 8.61. The summed E-state index contributed by atoms with van der Waals surface area (Å²) in [5.41, 5.74) is -1.05. The normalized spacial score (nSPS) is 21.0. The van der Waals surface area contributed by atoms with Crippen LogP contribution in [0, 0.1) is 11.8 Å². The molecule has 2 heterocycles.